The van der Waals surface area contributed by atoms with Gasteiger partial charge < -0.3 is 55.1 Å². The van der Waals surface area contributed by atoms with E-state index in [1.807, 2.05) is 17.2 Å². The Balaban J connectivity index is 1.04. The number of hydrogen-bond acceptors (Lipinski definition) is 15. The molecule has 0 bridgehead atoms. The van der Waals surface area contributed by atoms with E-state index in [4.69, 9.17) is 18.9 Å². The van der Waals surface area contributed by atoms with Crippen LogP contribution in [0, 0.1) is 24.2 Å². The molecule has 4 aliphatic heterocycles. The molecule has 3 fully saturated rings. The molecule has 0 unspecified atom stereocenters. The molecule has 1 saturated heterocycles. The number of amides is 1. The van der Waals surface area contributed by atoms with E-state index in [0.29, 0.717) is 76.0 Å². The van der Waals surface area contributed by atoms with E-state index >= 15 is 0 Å². The summed E-state index contributed by atoms with van der Waals surface area (Å²) in [5.74, 6) is 0.981. The van der Waals surface area contributed by atoms with Crippen LogP contribution >= 0.6 is 0 Å². The zero-order valence-electron chi connectivity index (χ0n) is 36.1. The second kappa shape index (κ2) is 16.5. The van der Waals surface area contributed by atoms with Gasteiger partial charge in [0.05, 0.1) is 29.6 Å². The van der Waals surface area contributed by atoms with Crippen molar-refractivity contribution in [2.45, 2.75) is 107 Å². The Bertz CT molecular complexity index is 2710. The summed E-state index contributed by atoms with van der Waals surface area (Å²) < 4.78 is 13.8. The highest BCUT2D eigenvalue weighted by Crippen LogP contribution is 2.57. The summed E-state index contributed by atoms with van der Waals surface area (Å²) in [4.78, 5) is 46.3. The second-order valence-electron chi connectivity index (χ2n) is 19.1. The van der Waals surface area contributed by atoms with Crippen LogP contribution in [0.25, 0.3) is 21.7 Å². The van der Waals surface area contributed by atoms with Crippen LogP contribution in [0.3, 0.4) is 0 Å². The van der Waals surface area contributed by atoms with Crippen LogP contribution in [-0.2, 0) is 27.4 Å². The van der Waals surface area contributed by atoms with Crippen molar-refractivity contribution in [3.63, 3.8) is 0 Å². The highest BCUT2D eigenvalue weighted by molar-refractivity contribution is 5.96. The van der Waals surface area contributed by atoms with Crippen LogP contribution in [0.5, 0.6) is 17.2 Å². The van der Waals surface area contributed by atoms with Crippen LogP contribution < -0.4 is 20.4 Å². The number of carbonyl (C=O) groups excluding carboxylic acids is 1. The molecule has 8 atom stereocenters. The van der Waals surface area contributed by atoms with Gasteiger partial charge in [-0.15, -0.1) is 0 Å². The summed E-state index contributed by atoms with van der Waals surface area (Å²) in [5, 5.41) is 80.3. The minimum absolute atomic E-state index is 0.0540. The number of hydrogen-bond donors (Lipinski definition) is 8. The van der Waals surface area contributed by atoms with E-state index in [0.717, 1.165) is 49.8 Å². The molecule has 8 N–H and O–H groups in total. The number of phenolic OH excluding ortho intramolecular Hbond substituents is 2. The van der Waals surface area contributed by atoms with Crippen molar-refractivity contribution in [1.82, 2.24) is 5.32 Å². The van der Waals surface area contributed by atoms with Crippen LogP contribution in [0.2, 0.25) is 0 Å². The quantitative estimate of drug-likeness (QED) is 0.0744. The molecule has 1 aromatic heterocycles. The third kappa shape index (κ3) is 7.39. The number of aliphatic hydroxyl groups excluding tert-OH is 4. The fourth-order valence-corrected chi connectivity index (χ4v) is 11.8. The normalized spacial score (nSPS) is 26.8. The molecule has 10 rings (SSSR count). The molecule has 1 amide bonds. The largest absolute Gasteiger partial charge is 0.508 e. The van der Waals surface area contributed by atoms with Gasteiger partial charge in [0.1, 0.15) is 65.2 Å². The van der Waals surface area contributed by atoms with E-state index in [1.54, 1.807) is 19.2 Å². The van der Waals surface area contributed by atoms with Gasteiger partial charge in [-0.05, 0) is 105 Å². The number of ether oxygens (including phenoxy) is 1. The number of anilines is 1. The third-order valence-electron chi connectivity index (χ3n) is 15.2. The summed E-state index contributed by atoms with van der Waals surface area (Å²) in [6, 6.07) is 10.4. The SMILES string of the molecule is Cc1cc(=O)c2cc3c(c(N4C=C5N=CC=C5C4)c2o1)O[C@@]1(CCC[C@H]([C@@H]2CNC(=O)C24CCCC4)C1)[C@H](OOC[C@@](O)(Cc1ccc(O)c2ccc(O)cc12)[C@@H](O)[C@H](O)[C@H](O)CO)C3. The number of phenols is 2. The number of nitrogens with one attached hydrogen (secondary N) is 1. The zero-order valence-corrected chi connectivity index (χ0v) is 36.1. The van der Waals surface area contributed by atoms with E-state index in [-0.39, 0.29) is 41.1 Å². The molecule has 2 spiro atoms. The summed E-state index contributed by atoms with van der Waals surface area (Å²) in [6.45, 7) is 1.08. The Kier molecular flexibility index (Phi) is 11.1. The van der Waals surface area contributed by atoms with Crippen molar-refractivity contribution < 1.29 is 59.5 Å². The van der Waals surface area contributed by atoms with Crippen molar-refractivity contribution in [2.75, 3.05) is 31.2 Å². The van der Waals surface area contributed by atoms with Crippen LogP contribution in [0.1, 0.15) is 68.3 Å². The number of rotatable bonds is 12. The van der Waals surface area contributed by atoms with Gasteiger partial charge in [-0.3, -0.25) is 14.6 Å². The van der Waals surface area contributed by atoms with Crippen molar-refractivity contribution in [3.05, 3.63) is 93.1 Å². The van der Waals surface area contributed by atoms with E-state index in [9.17, 15) is 45.3 Å². The average molecular weight is 894 g/mol. The maximum Gasteiger partial charge on any atom is 0.226 e. The lowest BCUT2D eigenvalue weighted by atomic mass is 9.62. The Morgan fingerprint density at radius 1 is 1.02 bits per heavy atom. The molecule has 3 aromatic carbocycles. The van der Waals surface area contributed by atoms with E-state index in [1.165, 1.54) is 36.4 Å². The number of nitrogens with zero attached hydrogens (tertiary/aromatic N) is 2. The Hall–Kier alpha value is -5.33. The van der Waals surface area contributed by atoms with E-state index < -0.39 is 60.7 Å². The smallest absolute Gasteiger partial charge is 0.226 e. The molecular weight excluding hydrogens is 839 g/mol. The zero-order chi connectivity index (χ0) is 45.4. The van der Waals surface area contributed by atoms with Gasteiger partial charge in [0.15, 0.2) is 16.8 Å². The van der Waals surface area contributed by atoms with Crippen LogP contribution in [0.4, 0.5) is 5.69 Å². The molecule has 344 valence electrons. The number of allylic oxidation sites excluding steroid dienone is 1. The minimum atomic E-state index is -2.40. The number of aliphatic hydroxyl groups is 5. The number of aryl methyl sites for hydroxylation is 1. The van der Waals surface area contributed by atoms with Gasteiger partial charge in [0, 0.05) is 54.4 Å². The Morgan fingerprint density at radius 2 is 1.83 bits per heavy atom. The summed E-state index contributed by atoms with van der Waals surface area (Å²) in [6.07, 6.45) is 4.79. The van der Waals surface area contributed by atoms with Crippen LogP contribution in [-0.4, -0.2) is 110 Å². The minimum Gasteiger partial charge on any atom is -0.508 e. The molecule has 2 aliphatic carbocycles. The first-order valence-electron chi connectivity index (χ1n) is 22.6. The van der Waals surface area contributed by atoms with Crippen molar-refractivity contribution >= 4 is 39.6 Å². The number of benzene rings is 3. The van der Waals surface area contributed by atoms with Gasteiger partial charge in [-0.25, -0.2) is 9.78 Å². The molecule has 5 heterocycles. The van der Waals surface area contributed by atoms with Gasteiger partial charge in [-0.2, -0.15) is 0 Å². The van der Waals surface area contributed by atoms with Crippen molar-refractivity contribution in [1.29, 1.82) is 0 Å². The predicted molar refractivity (Wildman–Crippen MR) is 238 cm³/mol. The summed E-state index contributed by atoms with van der Waals surface area (Å²) >= 11 is 0. The van der Waals surface area contributed by atoms with Crippen molar-refractivity contribution in [2.24, 2.45) is 22.2 Å². The maximum atomic E-state index is 13.7. The summed E-state index contributed by atoms with van der Waals surface area (Å²) in [5.41, 5.74) is -0.393. The fraction of sp³-hybridized carbons (Fsp3) is 0.490. The standard InChI is InChI=1S/C49H55N3O13/c1-26-15-38(56)34-16-30-17-40(65-62-25-48(61,45(59)42(58)39(57)24-53)19-27-6-9-37(55)32-8-7-31(54)18-33(27)32)49(13-4-5-28(20-49)35-21-51-46(60)47(35)11-2-3-12-47)64-43(30)41(44(34)63-26)52-22-29-10-14-50-36(29)23-52/h6-10,14-16,18,23,28,35,39-40,42,45,53-55,57-59,61H,2-5,11-13,17,19-22,24-25H2,1H3,(H,51,60)/t28-,35-,39+,40+,42+,45-,48-,49+/m0/s1. The van der Waals surface area contributed by atoms with Gasteiger partial charge in [0.2, 0.25) is 5.91 Å². The monoisotopic (exact) mass is 893 g/mol. The van der Waals surface area contributed by atoms with Gasteiger partial charge in [-0.1, -0.05) is 18.9 Å². The maximum absolute atomic E-state index is 13.7. The van der Waals surface area contributed by atoms with Crippen molar-refractivity contribution in [3.8, 4) is 17.2 Å². The molecule has 6 aliphatic rings. The lowest BCUT2D eigenvalue weighted by molar-refractivity contribution is -0.374. The number of aromatic hydroxyl groups is 2. The summed E-state index contributed by atoms with van der Waals surface area (Å²) in [7, 11) is 0. The molecule has 0 radical (unpaired) electrons. The predicted octanol–water partition coefficient (Wildman–Crippen LogP) is 3.87. The Morgan fingerprint density at radius 3 is 2.62 bits per heavy atom. The van der Waals surface area contributed by atoms with E-state index in [2.05, 4.69) is 10.3 Å². The topological polar surface area (TPSA) is 244 Å². The average Bonchev–Trinajstić information content (AvgIpc) is 4.10. The molecule has 2 saturated carbocycles. The first-order valence-corrected chi connectivity index (χ1v) is 22.6. The highest BCUT2D eigenvalue weighted by atomic mass is 17.2. The molecule has 16 heteroatoms. The lowest BCUT2D eigenvalue weighted by Crippen LogP contribution is -2.59. The first kappa shape index (κ1) is 43.6. The number of fused-ring (bicyclic) bond motifs is 4. The van der Waals surface area contributed by atoms with Gasteiger partial charge >= 0.3 is 0 Å². The molecule has 4 aromatic rings. The number of carbonyl (C=O) groups is 1. The first-order chi connectivity index (χ1) is 31.2. The molecular formula is C49H55N3O13. The Labute approximate surface area is 374 Å². The molecule has 65 heavy (non-hydrogen) atoms. The highest BCUT2D eigenvalue weighted by Gasteiger charge is 2.58. The fourth-order valence-electron chi connectivity index (χ4n) is 11.8. The molecule has 16 nitrogen and oxygen atoms in total. The van der Waals surface area contributed by atoms with Crippen LogP contribution in [0.15, 0.2) is 80.2 Å². The number of aliphatic imine (C=N–C) groups is 1. The van der Waals surface area contributed by atoms with Gasteiger partial charge in [0.25, 0.3) is 0 Å². The second-order valence-corrected chi connectivity index (χ2v) is 19.1. The lowest BCUT2D eigenvalue weighted by Gasteiger charge is -2.50. The third-order valence-corrected chi connectivity index (χ3v) is 15.2.